The van der Waals surface area contributed by atoms with Gasteiger partial charge in [0.1, 0.15) is 0 Å². The van der Waals surface area contributed by atoms with Crippen LogP contribution in [0.4, 0.5) is 0 Å². The first kappa shape index (κ1) is 23.1. The Morgan fingerprint density at radius 2 is 1.00 bits per heavy atom. The summed E-state index contributed by atoms with van der Waals surface area (Å²) in [6.45, 7) is -0.250. The van der Waals surface area contributed by atoms with Gasteiger partial charge < -0.3 is 35.1 Å². The van der Waals surface area contributed by atoms with Crippen LogP contribution < -0.4 is 0 Å². The quantitative estimate of drug-likeness (QED) is 0.230. The van der Waals surface area contributed by atoms with Crippen LogP contribution in [0.3, 0.4) is 0 Å². The van der Waals surface area contributed by atoms with Gasteiger partial charge in [-0.25, -0.2) is 4.57 Å². The van der Waals surface area contributed by atoms with Gasteiger partial charge in [-0.3, -0.25) is 9.59 Å². The number of carboxylic acids is 2. The molecule has 11 heteroatoms. The number of unbranched alkanes of at least 4 members (excludes halogenated alkanes) is 1. The molecule has 0 fully saturated rings. The van der Waals surface area contributed by atoms with E-state index in [9.17, 15) is 9.59 Å². The van der Waals surface area contributed by atoms with Gasteiger partial charge in [-0.2, -0.15) is 0 Å². The molecule has 0 rings (SSSR count). The van der Waals surface area contributed by atoms with Crippen molar-refractivity contribution in [2.75, 3.05) is 13.2 Å². The molecular weight excluding hydrogens is 287 g/mol. The highest BCUT2D eigenvalue weighted by molar-refractivity contribution is 7.45. The number of hydrogen-bond acceptors (Lipinski definition) is 5. The standard InChI is InChI=1S/C6H10O4.C2H6O2.H3O4P/c7-5(8)3-1-2-4-6(9)10;3-1-2-4;1-5(2,3)4/h1-4H2,(H,7,8)(H,9,10);3-4H,1-2H2;(H3,1,2,3,4). The third-order valence-corrected chi connectivity index (χ3v) is 1.13. The summed E-state index contributed by atoms with van der Waals surface area (Å²) in [5.74, 6) is -1.74. The molecule has 19 heavy (non-hydrogen) atoms. The Morgan fingerprint density at radius 1 is 0.789 bits per heavy atom. The summed E-state index contributed by atoms with van der Waals surface area (Å²) < 4.78 is 8.88. The van der Waals surface area contributed by atoms with Crippen molar-refractivity contribution in [3.05, 3.63) is 0 Å². The number of hydrogen-bond donors (Lipinski definition) is 7. The number of aliphatic hydroxyl groups excluding tert-OH is 2. The fourth-order valence-corrected chi connectivity index (χ4v) is 0.552. The van der Waals surface area contributed by atoms with E-state index in [4.69, 9.17) is 39.7 Å². The van der Waals surface area contributed by atoms with Gasteiger partial charge >= 0.3 is 19.8 Å². The SMILES string of the molecule is O=C(O)CCCCC(=O)O.O=P(O)(O)O.OCCO. The van der Waals surface area contributed by atoms with E-state index in [1.165, 1.54) is 0 Å². The van der Waals surface area contributed by atoms with Crippen LogP contribution in [0.1, 0.15) is 25.7 Å². The van der Waals surface area contributed by atoms with Crippen LogP contribution in [-0.4, -0.2) is 60.3 Å². The van der Waals surface area contributed by atoms with Gasteiger partial charge in [0.2, 0.25) is 0 Å². The summed E-state index contributed by atoms with van der Waals surface area (Å²) in [4.78, 5) is 41.4. The topological polar surface area (TPSA) is 193 Å². The Kier molecular flexibility index (Phi) is 18.3. The molecule has 0 aliphatic carbocycles. The van der Waals surface area contributed by atoms with Crippen LogP contribution in [0, 0.1) is 0 Å². The molecular formula is C8H19O10P. The lowest BCUT2D eigenvalue weighted by Gasteiger charge is -1.92. The Morgan fingerprint density at radius 3 is 1.11 bits per heavy atom. The minimum Gasteiger partial charge on any atom is -0.481 e. The number of aliphatic hydroxyl groups is 2. The largest absolute Gasteiger partial charge is 0.481 e. The van der Waals surface area contributed by atoms with Crippen LogP contribution in [0.25, 0.3) is 0 Å². The molecule has 0 saturated heterocycles. The zero-order valence-corrected chi connectivity index (χ0v) is 10.9. The maximum Gasteiger partial charge on any atom is 0.466 e. The molecule has 0 unspecified atom stereocenters. The lowest BCUT2D eigenvalue weighted by molar-refractivity contribution is -0.139. The monoisotopic (exact) mass is 306 g/mol. The number of phosphoric acid groups is 1. The minimum absolute atomic E-state index is 0.0628. The molecule has 0 saturated carbocycles. The van der Waals surface area contributed by atoms with Gasteiger partial charge in [-0.05, 0) is 12.8 Å². The number of rotatable bonds is 6. The van der Waals surface area contributed by atoms with Crippen molar-refractivity contribution in [2.24, 2.45) is 0 Å². The molecule has 7 N–H and O–H groups in total. The van der Waals surface area contributed by atoms with Gasteiger partial charge in [0.15, 0.2) is 0 Å². The third-order valence-electron chi connectivity index (χ3n) is 1.13. The second-order valence-corrected chi connectivity index (χ2v) is 3.98. The summed E-state index contributed by atoms with van der Waals surface area (Å²) in [6, 6.07) is 0. The predicted molar refractivity (Wildman–Crippen MR) is 62.2 cm³/mol. The normalized spacial score (nSPS) is 9.53. The van der Waals surface area contributed by atoms with Crippen molar-refractivity contribution in [1.29, 1.82) is 0 Å². The smallest absolute Gasteiger partial charge is 0.466 e. The van der Waals surface area contributed by atoms with E-state index in [0.717, 1.165) is 0 Å². The van der Waals surface area contributed by atoms with Crippen molar-refractivity contribution in [3.63, 3.8) is 0 Å². The highest BCUT2D eigenvalue weighted by Crippen LogP contribution is 2.25. The van der Waals surface area contributed by atoms with Crippen molar-refractivity contribution in [1.82, 2.24) is 0 Å². The highest BCUT2D eigenvalue weighted by Gasteiger charge is 2.00. The fraction of sp³-hybridized carbons (Fsp3) is 0.750. The maximum atomic E-state index is 9.90. The number of aliphatic carboxylic acids is 2. The van der Waals surface area contributed by atoms with E-state index in [1.807, 2.05) is 0 Å². The van der Waals surface area contributed by atoms with Gasteiger partial charge in [0, 0.05) is 12.8 Å². The second kappa shape index (κ2) is 15.0. The van der Waals surface area contributed by atoms with E-state index < -0.39 is 19.8 Å². The average Bonchev–Trinajstić information content (AvgIpc) is 2.22. The first-order chi connectivity index (χ1) is 8.54. The molecule has 0 aromatic heterocycles. The van der Waals surface area contributed by atoms with Gasteiger partial charge in [0.25, 0.3) is 0 Å². The number of carbonyl (C=O) groups is 2. The zero-order chi connectivity index (χ0) is 15.9. The molecule has 0 spiro atoms. The molecule has 116 valence electrons. The predicted octanol–water partition coefficient (Wildman–Crippen LogP) is -1.24. The van der Waals surface area contributed by atoms with Gasteiger partial charge in [0.05, 0.1) is 13.2 Å². The van der Waals surface area contributed by atoms with E-state index in [0.29, 0.717) is 12.8 Å². The first-order valence-corrected chi connectivity index (χ1v) is 6.54. The Hall–Kier alpha value is -1.03. The molecule has 0 heterocycles. The van der Waals surface area contributed by atoms with Gasteiger partial charge in [-0.15, -0.1) is 0 Å². The van der Waals surface area contributed by atoms with E-state index >= 15 is 0 Å². The van der Waals surface area contributed by atoms with E-state index in [1.54, 1.807) is 0 Å². The molecule has 0 amide bonds. The number of carboxylic acid groups (broad SMARTS) is 2. The molecule has 0 bridgehead atoms. The molecule has 0 aliphatic rings. The van der Waals surface area contributed by atoms with Crippen molar-refractivity contribution in [2.45, 2.75) is 25.7 Å². The molecule has 10 nitrogen and oxygen atoms in total. The van der Waals surface area contributed by atoms with Crippen LogP contribution in [0.2, 0.25) is 0 Å². The maximum absolute atomic E-state index is 9.90. The third kappa shape index (κ3) is 78.3. The lowest BCUT2D eigenvalue weighted by Crippen LogP contribution is -1.97. The van der Waals surface area contributed by atoms with Crippen molar-refractivity contribution < 1.29 is 49.3 Å². The summed E-state index contributed by atoms with van der Waals surface area (Å²) in [7, 11) is -4.64. The summed E-state index contributed by atoms with van der Waals surface area (Å²) >= 11 is 0. The zero-order valence-electron chi connectivity index (χ0n) is 10.0. The second-order valence-electron chi connectivity index (χ2n) is 2.96. The molecule has 0 aliphatic heterocycles. The summed E-state index contributed by atoms with van der Waals surface area (Å²) in [5.41, 5.74) is 0. The lowest BCUT2D eigenvalue weighted by atomic mass is 10.2. The van der Waals surface area contributed by atoms with E-state index in [2.05, 4.69) is 0 Å². The van der Waals surface area contributed by atoms with Gasteiger partial charge in [-0.1, -0.05) is 0 Å². The molecule has 0 aromatic carbocycles. The van der Waals surface area contributed by atoms with Crippen LogP contribution in [-0.2, 0) is 14.2 Å². The minimum atomic E-state index is -4.64. The van der Waals surface area contributed by atoms with Crippen molar-refractivity contribution >= 4 is 19.8 Å². The average molecular weight is 306 g/mol. The van der Waals surface area contributed by atoms with Crippen LogP contribution in [0.15, 0.2) is 0 Å². The Bertz CT molecular complexity index is 246. The first-order valence-electron chi connectivity index (χ1n) is 4.98. The Balaban J connectivity index is -0.000000238. The van der Waals surface area contributed by atoms with Crippen molar-refractivity contribution in [3.8, 4) is 0 Å². The fourth-order valence-electron chi connectivity index (χ4n) is 0.552. The molecule has 0 atom stereocenters. The summed E-state index contributed by atoms with van der Waals surface area (Å²) in [6.07, 6.45) is 1.02. The summed E-state index contributed by atoms with van der Waals surface area (Å²) in [5, 5.41) is 31.5. The molecule has 0 radical (unpaired) electrons. The molecule has 0 aromatic rings. The highest BCUT2D eigenvalue weighted by atomic mass is 31.2. The van der Waals surface area contributed by atoms with Crippen LogP contribution in [0.5, 0.6) is 0 Å². The Labute approximate surface area is 109 Å². The van der Waals surface area contributed by atoms with Crippen LogP contribution >= 0.6 is 7.82 Å². The van der Waals surface area contributed by atoms with E-state index in [-0.39, 0.29) is 26.1 Å².